The number of carboxylic acid groups (broad SMARTS) is 1. The molecule has 0 fully saturated rings. The van der Waals surface area contributed by atoms with Crippen LogP contribution in [0.4, 0.5) is 5.95 Å². The van der Waals surface area contributed by atoms with Crippen molar-refractivity contribution < 1.29 is 9.90 Å². The van der Waals surface area contributed by atoms with Gasteiger partial charge < -0.3 is 15.7 Å². The van der Waals surface area contributed by atoms with Crippen molar-refractivity contribution >= 4 is 11.9 Å². The van der Waals surface area contributed by atoms with E-state index in [1.54, 1.807) is 12.4 Å². The predicted octanol–water partition coefficient (Wildman–Crippen LogP) is 1.64. The minimum absolute atomic E-state index is 0.463. The maximum Gasteiger partial charge on any atom is 0.320 e. The van der Waals surface area contributed by atoms with E-state index in [2.05, 4.69) is 27.5 Å². The van der Waals surface area contributed by atoms with Crippen LogP contribution in [-0.4, -0.2) is 33.6 Å². The molecule has 6 nitrogen and oxygen atoms in total. The third-order valence-electron chi connectivity index (χ3n) is 2.67. The van der Waals surface area contributed by atoms with Gasteiger partial charge in [-0.25, -0.2) is 9.97 Å². The third kappa shape index (κ3) is 5.65. The molecule has 0 aliphatic rings. The quantitative estimate of drug-likeness (QED) is 0.630. The number of aliphatic carboxylic acids is 1. The first-order chi connectivity index (χ1) is 9.17. The lowest BCUT2D eigenvalue weighted by Gasteiger charge is -2.13. The highest BCUT2D eigenvalue weighted by Gasteiger charge is 2.15. The number of nitrogens with zero attached hydrogens (tertiary/aromatic N) is 2. The van der Waals surface area contributed by atoms with Crippen molar-refractivity contribution in [2.24, 2.45) is 0 Å². The molecule has 0 amide bonds. The van der Waals surface area contributed by atoms with E-state index in [4.69, 9.17) is 5.11 Å². The molecule has 0 aliphatic heterocycles. The van der Waals surface area contributed by atoms with Crippen LogP contribution in [0.1, 0.15) is 38.7 Å². The molecule has 0 saturated carbocycles. The highest BCUT2D eigenvalue weighted by Crippen LogP contribution is 2.03. The van der Waals surface area contributed by atoms with Gasteiger partial charge in [0.1, 0.15) is 6.04 Å². The van der Waals surface area contributed by atoms with Crippen molar-refractivity contribution in [3.05, 3.63) is 18.0 Å². The summed E-state index contributed by atoms with van der Waals surface area (Å²) in [5, 5.41) is 15.1. The summed E-state index contributed by atoms with van der Waals surface area (Å²) in [5.74, 6) is -0.210. The summed E-state index contributed by atoms with van der Waals surface area (Å²) in [6.45, 7) is 5.35. The Labute approximate surface area is 113 Å². The van der Waals surface area contributed by atoms with E-state index in [0.717, 1.165) is 24.9 Å². The number of hydrogen-bond donors (Lipinski definition) is 3. The molecular weight excluding hydrogens is 244 g/mol. The van der Waals surface area contributed by atoms with Gasteiger partial charge in [-0.3, -0.25) is 4.79 Å². The van der Waals surface area contributed by atoms with E-state index in [0.29, 0.717) is 18.9 Å². The molecule has 6 heteroatoms. The van der Waals surface area contributed by atoms with Gasteiger partial charge in [-0.1, -0.05) is 20.3 Å². The Balaban J connectivity index is 2.46. The van der Waals surface area contributed by atoms with Crippen LogP contribution in [0.25, 0.3) is 0 Å². The summed E-state index contributed by atoms with van der Waals surface area (Å²) in [5.41, 5.74) is 0.879. The Hall–Kier alpha value is -1.69. The molecule has 0 aromatic carbocycles. The average molecular weight is 266 g/mol. The van der Waals surface area contributed by atoms with Crippen LogP contribution in [0.3, 0.4) is 0 Å². The van der Waals surface area contributed by atoms with Gasteiger partial charge in [-0.15, -0.1) is 0 Å². The van der Waals surface area contributed by atoms with Gasteiger partial charge in [0.2, 0.25) is 5.95 Å². The first-order valence-electron chi connectivity index (χ1n) is 6.68. The Morgan fingerprint density at radius 2 is 2.00 bits per heavy atom. The lowest BCUT2D eigenvalue weighted by atomic mass is 10.1. The van der Waals surface area contributed by atoms with Gasteiger partial charge in [-0.05, 0) is 12.8 Å². The van der Waals surface area contributed by atoms with E-state index in [1.807, 2.05) is 6.92 Å². The Bertz CT molecular complexity index is 381. The average Bonchev–Trinajstić information content (AvgIpc) is 2.42. The van der Waals surface area contributed by atoms with Crippen LogP contribution in [0.5, 0.6) is 0 Å². The standard InChI is InChI=1S/C13H22N4O2/c1-3-5-11(12(18)19)15-7-10-8-16-13(17-9-10)14-6-4-2/h8-9,11,15H,3-7H2,1-2H3,(H,18,19)(H,14,16,17)/t11-/m1/s1. The number of carboxylic acids is 1. The number of carbonyl (C=O) groups is 1. The molecule has 1 atom stereocenters. The second-order valence-corrected chi connectivity index (χ2v) is 4.40. The van der Waals surface area contributed by atoms with Crippen LogP contribution in [0, 0.1) is 0 Å². The van der Waals surface area contributed by atoms with Crippen molar-refractivity contribution in [1.29, 1.82) is 0 Å². The summed E-state index contributed by atoms with van der Waals surface area (Å²) >= 11 is 0. The highest BCUT2D eigenvalue weighted by atomic mass is 16.4. The monoisotopic (exact) mass is 266 g/mol. The molecule has 0 spiro atoms. The van der Waals surface area contributed by atoms with E-state index < -0.39 is 12.0 Å². The zero-order valence-electron chi connectivity index (χ0n) is 11.5. The van der Waals surface area contributed by atoms with Crippen LogP contribution in [0.2, 0.25) is 0 Å². The normalized spacial score (nSPS) is 12.1. The summed E-state index contributed by atoms with van der Waals surface area (Å²) in [4.78, 5) is 19.3. The number of anilines is 1. The van der Waals surface area contributed by atoms with Gasteiger partial charge in [-0.2, -0.15) is 0 Å². The summed E-state index contributed by atoms with van der Waals surface area (Å²) in [7, 11) is 0. The fraction of sp³-hybridized carbons (Fsp3) is 0.615. The maximum atomic E-state index is 11.0. The van der Waals surface area contributed by atoms with E-state index in [9.17, 15) is 4.79 Å². The molecule has 106 valence electrons. The van der Waals surface area contributed by atoms with Crippen LogP contribution in [0.15, 0.2) is 12.4 Å². The SMILES string of the molecule is CCCNc1ncc(CN[C@H](CCC)C(=O)O)cn1. The molecule has 0 radical (unpaired) electrons. The molecule has 0 bridgehead atoms. The van der Waals surface area contributed by atoms with Crippen molar-refractivity contribution in [3.63, 3.8) is 0 Å². The maximum absolute atomic E-state index is 11.0. The fourth-order valence-electron chi connectivity index (χ4n) is 1.62. The van der Waals surface area contributed by atoms with E-state index >= 15 is 0 Å². The summed E-state index contributed by atoms with van der Waals surface area (Å²) < 4.78 is 0. The van der Waals surface area contributed by atoms with E-state index in [1.165, 1.54) is 0 Å². The molecule has 0 aliphatic carbocycles. The van der Waals surface area contributed by atoms with Crippen molar-refractivity contribution in [2.75, 3.05) is 11.9 Å². The van der Waals surface area contributed by atoms with Crippen LogP contribution in [-0.2, 0) is 11.3 Å². The van der Waals surface area contributed by atoms with Crippen molar-refractivity contribution in [1.82, 2.24) is 15.3 Å². The highest BCUT2D eigenvalue weighted by molar-refractivity contribution is 5.73. The molecule has 1 aromatic heterocycles. The van der Waals surface area contributed by atoms with Crippen molar-refractivity contribution in [3.8, 4) is 0 Å². The third-order valence-corrected chi connectivity index (χ3v) is 2.67. The number of hydrogen-bond acceptors (Lipinski definition) is 5. The zero-order valence-corrected chi connectivity index (χ0v) is 11.5. The van der Waals surface area contributed by atoms with Crippen LogP contribution >= 0.6 is 0 Å². The molecule has 3 N–H and O–H groups in total. The largest absolute Gasteiger partial charge is 0.480 e. The predicted molar refractivity (Wildman–Crippen MR) is 74.0 cm³/mol. The smallest absolute Gasteiger partial charge is 0.320 e. The van der Waals surface area contributed by atoms with E-state index in [-0.39, 0.29) is 0 Å². The molecular formula is C13H22N4O2. The van der Waals surface area contributed by atoms with Gasteiger partial charge in [0.15, 0.2) is 0 Å². The summed E-state index contributed by atoms with van der Waals surface area (Å²) in [6, 6.07) is -0.511. The molecule has 0 saturated heterocycles. The Kier molecular flexibility index (Phi) is 6.81. The topological polar surface area (TPSA) is 87.1 Å². The second kappa shape index (κ2) is 8.42. The minimum Gasteiger partial charge on any atom is -0.480 e. The van der Waals surface area contributed by atoms with Crippen LogP contribution < -0.4 is 10.6 Å². The van der Waals surface area contributed by atoms with Gasteiger partial charge in [0, 0.05) is 31.0 Å². The summed E-state index contributed by atoms with van der Waals surface area (Å²) in [6.07, 6.45) is 5.89. The number of rotatable bonds is 9. The Morgan fingerprint density at radius 1 is 1.32 bits per heavy atom. The molecule has 1 heterocycles. The van der Waals surface area contributed by atoms with Crippen molar-refractivity contribution in [2.45, 2.75) is 45.7 Å². The molecule has 0 unspecified atom stereocenters. The first kappa shape index (κ1) is 15.4. The zero-order chi connectivity index (χ0) is 14.1. The van der Waals surface area contributed by atoms with Gasteiger partial charge in [0.05, 0.1) is 0 Å². The number of aromatic nitrogens is 2. The molecule has 1 aromatic rings. The minimum atomic E-state index is -0.816. The second-order valence-electron chi connectivity index (χ2n) is 4.40. The Morgan fingerprint density at radius 3 is 2.53 bits per heavy atom. The lowest BCUT2D eigenvalue weighted by molar-refractivity contribution is -0.139. The van der Waals surface area contributed by atoms with Gasteiger partial charge in [0.25, 0.3) is 0 Å². The first-order valence-corrected chi connectivity index (χ1v) is 6.68. The molecule has 1 rings (SSSR count). The number of nitrogens with one attached hydrogen (secondary N) is 2. The fourth-order valence-corrected chi connectivity index (χ4v) is 1.62. The molecule has 19 heavy (non-hydrogen) atoms. The lowest BCUT2D eigenvalue weighted by Crippen LogP contribution is -2.36. The van der Waals surface area contributed by atoms with Gasteiger partial charge >= 0.3 is 5.97 Å².